The second-order valence-corrected chi connectivity index (χ2v) is 20.3. The number of imidazole rings is 1. The maximum atomic E-state index is 9.12. The molecule has 0 saturated carbocycles. The van der Waals surface area contributed by atoms with Crippen LogP contribution in [0, 0.1) is 6.33 Å². The summed E-state index contributed by atoms with van der Waals surface area (Å²) in [7, 11) is 0. The number of fused-ring (bicyclic) bond motifs is 5. The van der Waals surface area contributed by atoms with Gasteiger partial charge in [0.15, 0.2) is 0 Å². The van der Waals surface area contributed by atoms with Gasteiger partial charge in [0, 0.05) is 34.4 Å². The zero-order valence-corrected chi connectivity index (χ0v) is 42.8. The quantitative estimate of drug-likeness (QED) is 0.0778. The largest absolute Gasteiger partial charge is 0.458 e. The van der Waals surface area contributed by atoms with E-state index in [1.54, 1.807) is 27.3 Å². The Labute approximate surface area is 468 Å². The van der Waals surface area contributed by atoms with Crippen molar-refractivity contribution in [3.8, 4) is 50.9 Å². The van der Waals surface area contributed by atoms with Gasteiger partial charge in [0.25, 0.3) is 6.33 Å². The minimum absolute atomic E-state index is 0.137. The number of aromatic nitrogens is 4. The Kier molecular flexibility index (Phi) is 9.01. The molecule has 0 aliphatic carbocycles. The predicted molar refractivity (Wildman–Crippen MR) is 321 cm³/mol. The standard InChI is InChI=1S/C70H53BN6O/c1-70(2,3)51-42-43-72-68(44-51)75-62-41-38-52(71-76(53-26-12-6-13-27-53)65-36-18-19-37-66(65)77(71)54-28-14-7-15-29-54)45-61(62)60-40-39-57(47-67(60)75)78-56-31-20-30-55(46-56)73-48-74(64-35-17-16-34-63(64)73)69-58(49-22-8-4-9-23-49)32-21-33-59(69)50-24-10-5-11-25-50/h4-47H,1-3H3/i4D,5D,8D,9D,10D,11D,22D,23D,24D,25D. The summed E-state index contributed by atoms with van der Waals surface area (Å²) in [5, 5.41) is 2.03. The van der Waals surface area contributed by atoms with Crippen LogP contribution in [-0.2, 0) is 5.41 Å². The van der Waals surface area contributed by atoms with Crippen molar-refractivity contribution in [1.82, 2.24) is 14.1 Å². The van der Waals surface area contributed by atoms with Crippen LogP contribution in [0.15, 0.2) is 267 Å². The Hall–Kier alpha value is -9.92. The first-order valence-electron chi connectivity index (χ1n) is 30.8. The van der Waals surface area contributed by atoms with Crippen molar-refractivity contribution in [3.05, 3.63) is 279 Å². The van der Waals surface area contributed by atoms with E-state index in [0.717, 1.165) is 61.4 Å². The number of para-hydroxylation sites is 7. The third-order valence-electron chi connectivity index (χ3n) is 14.5. The third-order valence-corrected chi connectivity index (χ3v) is 14.5. The van der Waals surface area contributed by atoms with Gasteiger partial charge in [0.05, 0.1) is 58.5 Å². The molecule has 14 rings (SSSR count). The van der Waals surface area contributed by atoms with Crippen LogP contribution in [0.3, 0.4) is 0 Å². The molecule has 1 aliphatic heterocycles. The molecule has 78 heavy (non-hydrogen) atoms. The van der Waals surface area contributed by atoms with Gasteiger partial charge < -0.3 is 14.4 Å². The van der Waals surface area contributed by atoms with E-state index in [2.05, 4.69) is 150 Å². The van der Waals surface area contributed by atoms with Crippen LogP contribution in [-0.4, -0.2) is 21.1 Å². The molecule has 0 spiro atoms. The van der Waals surface area contributed by atoms with Crippen LogP contribution in [0.2, 0.25) is 0 Å². The minimum Gasteiger partial charge on any atom is -0.458 e. The number of anilines is 4. The Morgan fingerprint density at radius 3 is 1.78 bits per heavy atom. The first-order valence-corrected chi connectivity index (χ1v) is 25.8. The molecule has 3 aromatic heterocycles. The van der Waals surface area contributed by atoms with Gasteiger partial charge >= 0.3 is 6.98 Å². The van der Waals surface area contributed by atoms with Crippen molar-refractivity contribution in [3.63, 3.8) is 0 Å². The van der Waals surface area contributed by atoms with Crippen molar-refractivity contribution in [1.29, 1.82) is 0 Å². The molecule has 1 aliphatic rings. The summed E-state index contributed by atoms with van der Waals surface area (Å²) in [4.78, 5) is 9.86. The predicted octanol–water partition coefficient (Wildman–Crippen LogP) is 16.3. The van der Waals surface area contributed by atoms with Gasteiger partial charge in [-0.15, -0.1) is 0 Å². The smallest absolute Gasteiger partial charge is 0.420 e. The lowest BCUT2D eigenvalue weighted by atomic mass is 9.64. The number of benzene rings is 10. The van der Waals surface area contributed by atoms with Crippen molar-refractivity contribution in [2.45, 2.75) is 26.2 Å². The average molecular weight is 1020 g/mol. The lowest BCUT2D eigenvalue weighted by Crippen LogP contribution is -2.53. The lowest BCUT2D eigenvalue weighted by Gasteiger charge is -2.30. The zero-order chi connectivity index (χ0) is 61.0. The number of nitrogens with zero attached hydrogens (tertiary/aromatic N) is 6. The van der Waals surface area contributed by atoms with Gasteiger partial charge in [-0.2, -0.15) is 0 Å². The van der Waals surface area contributed by atoms with E-state index < -0.39 is 60.4 Å². The summed E-state index contributed by atoms with van der Waals surface area (Å²) in [5.41, 5.74) is 10.2. The molecule has 0 unspecified atom stereocenters. The van der Waals surface area contributed by atoms with Gasteiger partial charge in [0.2, 0.25) is 0 Å². The molecular weight excluding hydrogens is 952 g/mol. The van der Waals surface area contributed by atoms with E-state index in [0.29, 0.717) is 28.2 Å². The van der Waals surface area contributed by atoms with Crippen LogP contribution < -0.4 is 24.4 Å². The number of rotatable bonds is 10. The highest BCUT2D eigenvalue weighted by molar-refractivity contribution is 6.84. The second-order valence-electron chi connectivity index (χ2n) is 20.3. The third kappa shape index (κ3) is 8.08. The van der Waals surface area contributed by atoms with Crippen molar-refractivity contribution in [2.75, 3.05) is 9.62 Å². The summed E-state index contributed by atoms with van der Waals surface area (Å²) in [6.45, 7) is 6.33. The Morgan fingerprint density at radius 1 is 0.513 bits per heavy atom. The highest BCUT2D eigenvalue weighted by Crippen LogP contribution is 2.47. The van der Waals surface area contributed by atoms with Gasteiger partial charge in [0.1, 0.15) is 17.3 Å². The molecule has 0 radical (unpaired) electrons. The fourth-order valence-electron chi connectivity index (χ4n) is 11.0. The monoisotopic (exact) mass is 1010 g/mol. The highest BCUT2D eigenvalue weighted by Gasteiger charge is 2.43. The minimum atomic E-state index is -0.572. The Morgan fingerprint density at radius 2 is 1.12 bits per heavy atom. The average Bonchev–Trinajstić information content (AvgIpc) is 1.55. The zero-order valence-electron chi connectivity index (χ0n) is 52.8. The molecule has 10 aromatic carbocycles. The fourth-order valence-corrected chi connectivity index (χ4v) is 11.0. The van der Waals surface area contributed by atoms with E-state index in [9.17, 15) is 0 Å². The molecule has 372 valence electrons. The number of pyridine rings is 1. The van der Waals surface area contributed by atoms with Crippen LogP contribution in [0.25, 0.3) is 72.3 Å². The van der Waals surface area contributed by atoms with Gasteiger partial charge in [-0.3, -0.25) is 13.7 Å². The number of hydrogen-bond acceptors (Lipinski definition) is 4. The van der Waals surface area contributed by atoms with Gasteiger partial charge in [-0.1, -0.05) is 190 Å². The van der Waals surface area contributed by atoms with Crippen LogP contribution >= 0.6 is 0 Å². The van der Waals surface area contributed by atoms with E-state index in [1.807, 2.05) is 79.0 Å². The first-order chi connectivity index (χ1) is 42.5. The summed E-state index contributed by atoms with van der Waals surface area (Å²) < 4.78 is 100. The summed E-state index contributed by atoms with van der Waals surface area (Å²) in [6.07, 6.45) is 5.35. The summed E-state index contributed by atoms with van der Waals surface area (Å²) in [6, 6.07) is 61.1. The molecule has 0 atom stereocenters. The van der Waals surface area contributed by atoms with E-state index in [-0.39, 0.29) is 40.3 Å². The van der Waals surface area contributed by atoms with Gasteiger partial charge in [-0.05, 0) is 124 Å². The summed E-state index contributed by atoms with van der Waals surface area (Å²) >= 11 is 0. The SMILES string of the molecule is [2H]c1c([2H])c([2H])c(-c2cccc(-c3c([2H])c([2H])c([2H])c([2H])c3[2H])c2-[n+]2[c-]n(-c3cccc(Oc4ccc5c6cc(B7N(c8ccccc8)c8ccccc8N7c7ccccc7)ccc6n(-c6cc(C(C)(C)C)ccn6)c5c4)c3)c3ccccc32)c([2H])c1[2H]. The fraction of sp³-hybridized carbons (Fsp3) is 0.0571. The molecule has 0 N–H and O–H groups in total. The molecule has 0 bridgehead atoms. The highest BCUT2D eigenvalue weighted by atomic mass is 16.5. The van der Waals surface area contributed by atoms with Crippen molar-refractivity contribution in [2.24, 2.45) is 0 Å². The van der Waals surface area contributed by atoms with Crippen LogP contribution in [0.1, 0.15) is 40.0 Å². The van der Waals surface area contributed by atoms with E-state index in [4.69, 9.17) is 23.4 Å². The topological polar surface area (TPSA) is 42.3 Å². The Bertz CT molecular complexity index is 4780. The molecule has 0 amide bonds. The van der Waals surface area contributed by atoms with Crippen LogP contribution in [0.4, 0.5) is 22.7 Å². The lowest BCUT2D eigenvalue weighted by molar-refractivity contribution is -0.571. The number of ether oxygens (including phenoxy) is 1. The molecule has 13 aromatic rings. The second kappa shape index (κ2) is 19.0. The first kappa shape index (κ1) is 36.9. The molecule has 8 heteroatoms. The van der Waals surface area contributed by atoms with E-state index >= 15 is 0 Å². The van der Waals surface area contributed by atoms with Crippen molar-refractivity contribution < 1.29 is 23.0 Å². The maximum absolute atomic E-state index is 9.12. The maximum Gasteiger partial charge on any atom is 0.420 e. The molecule has 4 heterocycles. The van der Waals surface area contributed by atoms with Gasteiger partial charge in [-0.25, -0.2) is 4.98 Å². The normalized spacial score (nSPS) is 14.3. The Balaban J connectivity index is 0.916. The number of hydrogen-bond donors (Lipinski definition) is 0. The van der Waals surface area contributed by atoms with Crippen molar-refractivity contribution >= 4 is 68.0 Å². The molecule has 0 saturated heterocycles. The van der Waals surface area contributed by atoms with E-state index in [1.165, 1.54) is 0 Å². The summed E-state index contributed by atoms with van der Waals surface area (Å²) in [5.74, 6) is 1.81. The molecular formula is C70H53BN6O. The van der Waals surface area contributed by atoms with Crippen LogP contribution in [0.5, 0.6) is 11.5 Å². The molecule has 0 fully saturated rings. The molecule has 7 nitrogen and oxygen atoms in total.